The second-order valence-electron chi connectivity index (χ2n) is 7.51. The number of anilines is 1. The average molecular weight is 302 g/mol. The molecule has 0 radical (unpaired) electrons. The molecule has 120 valence electrons. The SMILES string of the molecule is CC1(C)OB(c2cccnc2NC2CCCCC2)OC1(C)C. The second kappa shape index (κ2) is 5.86. The van der Waals surface area contributed by atoms with Crippen LogP contribution in [-0.4, -0.2) is 29.3 Å². The molecule has 2 fully saturated rings. The highest BCUT2D eigenvalue weighted by atomic mass is 16.7. The Balaban J connectivity index is 1.80. The van der Waals surface area contributed by atoms with Gasteiger partial charge in [-0.05, 0) is 46.6 Å². The fourth-order valence-corrected chi connectivity index (χ4v) is 3.14. The monoisotopic (exact) mass is 302 g/mol. The summed E-state index contributed by atoms with van der Waals surface area (Å²) in [6.45, 7) is 8.32. The molecule has 0 spiro atoms. The maximum atomic E-state index is 6.18. The summed E-state index contributed by atoms with van der Waals surface area (Å²) in [4.78, 5) is 4.54. The fourth-order valence-electron chi connectivity index (χ4n) is 3.14. The molecule has 4 nitrogen and oxygen atoms in total. The van der Waals surface area contributed by atoms with Crippen molar-refractivity contribution in [3.8, 4) is 0 Å². The van der Waals surface area contributed by atoms with E-state index in [4.69, 9.17) is 9.31 Å². The average Bonchev–Trinajstić information content (AvgIpc) is 2.69. The van der Waals surface area contributed by atoms with Crippen LogP contribution in [0.5, 0.6) is 0 Å². The van der Waals surface area contributed by atoms with Gasteiger partial charge in [0.1, 0.15) is 5.82 Å². The van der Waals surface area contributed by atoms with Gasteiger partial charge in [0.05, 0.1) is 11.2 Å². The zero-order valence-electron chi connectivity index (χ0n) is 14.2. The van der Waals surface area contributed by atoms with Crippen LogP contribution in [0, 0.1) is 0 Å². The molecule has 0 unspecified atom stereocenters. The molecule has 1 aliphatic heterocycles. The first-order valence-corrected chi connectivity index (χ1v) is 8.46. The molecule has 22 heavy (non-hydrogen) atoms. The molecule has 2 aliphatic rings. The van der Waals surface area contributed by atoms with Gasteiger partial charge in [-0.3, -0.25) is 0 Å². The van der Waals surface area contributed by atoms with E-state index in [2.05, 4.69) is 44.1 Å². The van der Waals surface area contributed by atoms with Gasteiger partial charge in [-0.2, -0.15) is 0 Å². The minimum atomic E-state index is -0.357. The van der Waals surface area contributed by atoms with Gasteiger partial charge in [0, 0.05) is 17.7 Å². The molecule has 1 aliphatic carbocycles. The van der Waals surface area contributed by atoms with Crippen molar-refractivity contribution in [2.75, 3.05) is 5.32 Å². The number of rotatable bonds is 3. The Morgan fingerprint density at radius 2 is 1.73 bits per heavy atom. The van der Waals surface area contributed by atoms with Crippen LogP contribution in [-0.2, 0) is 9.31 Å². The topological polar surface area (TPSA) is 43.4 Å². The summed E-state index contributed by atoms with van der Waals surface area (Å²) in [6.07, 6.45) is 8.23. The van der Waals surface area contributed by atoms with E-state index < -0.39 is 0 Å². The van der Waals surface area contributed by atoms with Crippen LogP contribution >= 0.6 is 0 Å². The Bertz CT molecular complexity index is 511. The van der Waals surface area contributed by atoms with Gasteiger partial charge in [0.15, 0.2) is 0 Å². The molecule has 3 rings (SSSR count). The lowest BCUT2D eigenvalue weighted by Crippen LogP contribution is -2.41. The first-order chi connectivity index (χ1) is 10.4. The maximum Gasteiger partial charge on any atom is 0.498 e. The summed E-state index contributed by atoms with van der Waals surface area (Å²) in [5.41, 5.74) is 0.359. The van der Waals surface area contributed by atoms with Gasteiger partial charge in [0.2, 0.25) is 0 Å². The number of nitrogens with one attached hydrogen (secondary N) is 1. The van der Waals surface area contributed by atoms with E-state index in [1.54, 1.807) is 0 Å². The highest BCUT2D eigenvalue weighted by Gasteiger charge is 2.52. The van der Waals surface area contributed by atoms with E-state index in [1.807, 2.05) is 12.3 Å². The number of aromatic nitrogens is 1. The molecule has 1 N–H and O–H groups in total. The molecule has 0 aromatic carbocycles. The Morgan fingerprint density at radius 3 is 2.36 bits per heavy atom. The Hall–Kier alpha value is -1.07. The minimum absolute atomic E-state index is 0.324. The van der Waals surface area contributed by atoms with Crippen molar-refractivity contribution in [3.05, 3.63) is 18.3 Å². The van der Waals surface area contributed by atoms with E-state index in [-0.39, 0.29) is 18.3 Å². The quantitative estimate of drug-likeness (QED) is 0.871. The summed E-state index contributed by atoms with van der Waals surface area (Å²) in [5, 5.41) is 3.61. The largest absolute Gasteiger partial charge is 0.498 e. The molecule has 0 atom stereocenters. The molecular formula is C17H27BN2O2. The van der Waals surface area contributed by atoms with E-state index in [9.17, 15) is 0 Å². The summed E-state index contributed by atoms with van der Waals surface area (Å²) in [6, 6.07) is 4.53. The summed E-state index contributed by atoms with van der Waals surface area (Å²) < 4.78 is 12.4. The van der Waals surface area contributed by atoms with Crippen molar-refractivity contribution in [2.45, 2.75) is 77.0 Å². The number of nitrogens with zero attached hydrogens (tertiary/aromatic N) is 1. The van der Waals surface area contributed by atoms with Crippen LogP contribution in [0.15, 0.2) is 18.3 Å². The van der Waals surface area contributed by atoms with Gasteiger partial charge in [0.25, 0.3) is 0 Å². The van der Waals surface area contributed by atoms with E-state index in [1.165, 1.54) is 32.1 Å². The third kappa shape index (κ3) is 3.02. The lowest BCUT2D eigenvalue weighted by atomic mass is 9.79. The lowest BCUT2D eigenvalue weighted by molar-refractivity contribution is 0.00578. The Labute approximate surface area is 134 Å². The highest BCUT2D eigenvalue weighted by molar-refractivity contribution is 6.63. The van der Waals surface area contributed by atoms with Gasteiger partial charge < -0.3 is 14.6 Å². The van der Waals surface area contributed by atoms with Crippen molar-refractivity contribution >= 4 is 18.4 Å². The maximum absolute atomic E-state index is 6.18. The Kier molecular flexibility index (Phi) is 4.21. The third-order valence-electron chi connectivity index (χ3n) is 5.29. The minimum Gasteiger partial charge on any atom is -0.399 e. The van der Waals surface area contributed by atoms with Crippen LogP contribution in [0.4, 0.5) is 5.82 Å². The first-order valence-electron chi connectivity index (χ1n) is 8.46. The van der Waals surface area contributed by atoms with Gasteiger partial charge in [-0.1, -0.05) is 25.3 Å². The first kappa shape index (κ1) is 15.8. The number of pyridine rings is 1. The number of hydrogen-bond donors (Lipinski definition) is 1. The van der Waals surface area contributed by atoms with Gasteiger partial charge >= 0.3 is 7.12 Å². The molecule has 5 heteroatoms. The van der Waals surface area contributed by atoms with Crippen LogP contribution < -0.4 is 10.8 Å². The third-order valence-corrected chi connectivity index (χ3v) is 5.29. The molecule has 0 amide bonds. The summed E-state index contributed by atoms with van der Waals surface area (Å²) in [5.74, 6) is 0.910. The van der Waals surface area contributed by atoms with E-state index in [0.717, 1.165) is 11.3 Å². The molecule has 1 aromatic heterocycles. The normalized spacial score (nSPS) is 24.5. The van der Waals surface area contributed by atoms with Crippen LogP contribution in [0.2, 0.25) is 0 Å². The van der Waals surface area contributed by atoms with Crippen molar-refractivity contribution in [2.24, 2.45) is 0 Å². The van der Waals surface area contributed by atoms with Crippen molar-refractivity contribution < 1.29 is 9.31 Å². The predicted octanol–water partition coefficient (Wildman–Crippen LogP) is 3.13. The van der Waals surface area contributed by atoms with Crippen LogP contribution in [0.3, 0.4) is 0 Å². The molecule has 1 saturated heterocycles. The second-order valence-corrected chi connectivity index (χ2v) is 7.51. The molecule has 1 aromatic rings. The van der Waals surface area contributed by atoms with Crippen LogP contribution in [0.1, 0.15) is 59.8 Å². The van der Waals surface area contributed by atoms with Gasteiger partial charge in [-0.15, -0.1) is 0 Å². The van der Waals surface area contributed by atoms with E-state index in [0.29, 0.717) is 6.04 Å². The van der Waals surface area contributed by atoms with Crippen molar-refractivity contribution in [1.29, 1.82) is 0 Å². The Morgan fingerprint density at radius 1 is 1.09 bits per heavy atom. The van der Waals surface area contributed by atoms with Gasteiger partial charge in [-0.25, -0.2) is 4.98 Å². The van der Waals surface area contributed by atoms with Crippen molar-refractivity contribution in [1.82, 2.24) is 4.98 Å². The lowest BCUT2D eigenvalue weighted by Gasteiger charge is -2.32. The van der Waals surface area contributed by atoms with Crippen LogP contribution in [0.25, 0.3) is 0 Å². The summed E-state index contributed by atoms with van der Waals surface area (Å²) in [7, 11) is -0.357. The standard InChI is InChI=1S/C17H27BN2O2/c1-16(2)17(3,4)22-18(21-16)14-11-8-12-19-15(14)20-13-9-6-5-7-10-13/h8,11-13H,5-7,9-10H2,1-4H3,(H,19,20). The van der Waals surface area contributed by atoms with E-state index >= 15 is 0 Å². The van der Waals surface area contributed by atoms with Crippen molar-refractivity contribution in [3.63, 3.8) is 0 Å². The zero-order valence-corrected chi connectivity index (χ0v) is 14.2. The molecule has 0 bridgehead atoms. The molecule has 1 saturated carbocycles. The fraction of sp³-hybridized carbons (Fsp3) is 0.706. The number of hydrogen-bond acceptors (Lipinski definition) is 4. The summed E-state index contributed by atoms with van der Waals surface area (Å²) >= 11 is 0. The molecule has 2 heterocycles. The highest BCUT2D eigenvalue weighted by Crippen LogP contribution is 2.37. The zero-order chi connectivity index (χ0) is 15.8. The smallest absolute Gasteiger partial charge is 0.399 e. The molecular weight excluding hydrogens is 275 g/mol. The predicted molar refractivity (Wildman–Crippen MR) is 90.4 cm³/mol.